The molecule has 0 bridgehead atoms. The smallest absolute Gasteiger partial charge is 0.320 e. The summed E-state index contributed by atoms with van der Waals surface area (Å²) in [4.78, 5) is 13.4. The number of carbonyl (C=O) groups is 1. The van der Waals surface area contributed by atoms with E-state index in [1.165, 1.54) is 19.3 Å². The summed E-state index contributed by atoms with van der Waals surface area (Å²) in [5.41, 5.74) is 0.397. The highest BCUT2D eigenvalue weighted by atomic mass is 16.4. The predicted molar refractivity (Wildman–Crippen MR) is 63.4 cm³/mol. The molecule has 1 N–H and O–H groups in total. The lowest BCUT2D eigenvalue weighted by atomic mass is 9.74. The van der Waals surface area contributed by atoms with Crippen LogP contribution < -0.4 is 0 Å². The molecule has 1 saturated heterocycles. The van der Waals surface area contributed by atoms with Gasteiger partial charge in [-0.25, -0.2) is 0 Å². The van der Waals surface area contributed by atoms with Crippen molar-refractivity contribution in [3.63, 3.8) is 0 Å². The maximum atomic E-state index is 11.2. The van der Waals surface area contributed by atoms with E-state index in [1.807, 2.05) is 0 Å². The average Bonchev–Trinajstić information content (AvgIpc) is 2.64. The molecule has 3 heteroatoms. The fraction of sp³-hybridized carbons (Fsp3) is 0.923. The number of nitrogens with zero attached hydrogens (tertiary/aromatic N) is 1. The van der Waals surface area contributed by atoms with E-state index < -0.39 is 5.97 Å². The third-order valence-electron chi connectivity index (χ3n) is 4.23. The predicted octanol–water partition coefficient (Wildman–Crippen LogP) is 2.50. The molecule has 0 aromatic heterocycles. The number of likely N-dealkylation sites (tertiary alicyclic amines) is 1. The second-order valence-electron chi connectivity index (χ2n) is 6.15. The summed E-state index contributed by atoms with van der Waals surface area (Å²) in [6.45, 7) is 5.60. The first kappa shape index (κ1) is 11.9. The number of aliphatic carboxylic acids is 1. The van der Waals surface area contributed by atoms with Crippen molar-refractivity contribution in [2.45, 2.75) is 64.5 Å². The van der Waals surface area contributed by atoms with Gasteiger partial charge in [-0.05, 0) is 44.1 Å². The summed E-state index contributed by atoms with van der Waals surface area (Å²) >= 11 is 0. The lowest BCUT2D eigenvalue weighted by molar-refractivity contribution is -0.143. The maximum absolute atomic E-state index is 11.2. The van der Waals surface area contributed by atoms with Crippen LogP contribution in [-0.4, -0.2) is 34.6 Å². The molecule has 0 aromatic carbocycles. The Bertz CT molecular complexity index is 275. The zero-order valence-electron chi connectivity index (χ0n) is 10.4. The van der Waals surface area contributed by atoms with Crippen molar-refractivity contribution in [2.24, 2.45) is 5.41 Å². The lowest BCUT2D eigenvalue weighted by Gasteiger charge is -2.41. The third-order valence-corrected chi connectivity index (χ3v) is 4.23. The van der Waals surface area contributed by atoms with Crippen LogP contribution in [0.15, 0.2) is 0 Å². The van der Waals surface area contributed by atoms with E-state index in [0.29, 0.717) is 11.5 Å². The second kappa shape index (κ2) is 4.36. The fourth-order valence-electron chi connectivity index (χ4n) is 3.43. The van der Waals surface area contributed by atoms with Gasteiger partial charge in [0.1, 0.15) is 6.04 Å². The van der Waals surface area contributed by atoms with Crippen molar-refractivity contribution in [3.05, 3.63) is 0 Å². The van der Waals surface area contributed by atoms with E-state index >= 15 is 0 Å². The van der Waals surface area contributed by atoms with Crippen molar-refractivity contribution in [1.29, 1.82) is 0 Å². The van der Waals surface area contributed by atoms with E-state index in [2.05, 4.69) is 18.7 Å². The van der Waals surface area contributed by atoms with E-state index in [9.17, 15) is 9.90 Å². The highest BCUT2D eigenvalue weighted by Crippen LogP contribution is 2.39. The molecule has 0 aromatic rings. The van der Waals surface area contributed by atoms with Crippen LogP contribution in [0, 0.1) is 5.41 Å². The Morgan fingerprint density at radius 1 is 1.31 bits per heavy atom. The first-order valence-corrected chi connectivity index (χ1v) is 6.48. The van der Waals surface area contributed by atoms with Crippen LogP contribution in [0.3, 0.4) is 0 Å². The van der Waals surface area contributed by atoms with Crippen LogP contribution in [0.2, 0.25) is 0 Å². The summed E-state index contributed by atoms with van der Waals surface area (Å²) in [5, 5.41) is 9.20. The molecule has 0 radical (unpaired) electrons. The monoisotopic (exact) mass is 225 g/mol. The summed E-state index contributed by atoms with van der Waals surface area (Å²) in [7, 11) is 0. The van der Waals surface area contributed by atoms with Gasteiger partial charge in [-0.1, -0.05) is 20.3 Å². The number of rotatable bonds is 2. The van der Waals surface area contributed by atoms with Gasteiger partial charge >= 0.3 is 5.97 Å². The Hall–Kier alpha value is -0.570. The molecule has 1 heterocycles. The van der Waals surface area contributed by atoms with Crippen LogP contribution >= 0.6 is 0 Å². The Balaban J connectivity index is 2.03. The largest absolute Gasteiger partial charge is 0.480 e. The molecule has 0 amide bonds. The standard InChI is InChI=1S/C13H23NO2/c1-13(2)7-3-5-10(9-13)14-8-4-6-11(14)12(15)16/h10-11H,3-9H2,1-2H3,(H,15,16). The third kappa shape index (κ3) is 2.40. The van der Waals surface area contributed by atoms with Crippen LogP contribution in [0.5, 0.6) is 0 Å². The summed E-state index contributed by atoms with van der Waals surface area (Å²) in [5.74, 6) is -0.624. The molecule has 0 spiro atoms. The number of hydrogen-bond acceptors (Lipinski definition) is 2. The van der Waals surface area contributed by atoms with Crippen molar-refractivity contribution < 1.29 is 9.90 Å². The van der Waals surface area contributed by atoms with Gasteiger partial charge in [0.25, 0.3) is 0 Å². The highest BCUT2D eigenvalue weighted by molar-refractivity contribution is 5.73. The van der Waals surface area contributed by atoms with Crippen LogP contribution in [0.4, 0.5) is 0 Å². The Labute approximate surface area is 97.8 Å². The van der Waals surface area contributed by atoms with Gasteiger partial charge in [0.05, 0.1) is 0 Å². The average molecular weight is 225 g/mol. The molecule has 2 fully saturated rings. The molecule has 1 aliphatic heterocycles. The van der Waals surface area contributed by atoms with E-state index in [0.717, 1.165) is 25.8 Å². The minimum absolute atomic E-state index is 0.209. The van der Waals surface area contributed by atoms with Crippen molar-refractivity contribution in [1.82, 2.24) is 4.90 Å². The minimum Gasteiger partial charge on any atom is -0.480 e. The first-order valence-electron chi connectivity index (χ1n) is 6.48. The van der Waals surface area contributed by atoms with Crippen molar-refractivity contribution in [3.8, 4) is 0 Å². The van der Waals surface area contributed by atoms with Gasteiger partial charge in [0, 0.05) is 6.04 Å². The minimum atomic E-state index is -0.624. The molecule has 1 aliphatic carbocycles. The number of carboxylic acids is 1. The fourth-order valence-corrected chi connectivity index (χ4v) is 3.43. The van der Waals surface area contributed by atoms with Crippen LogP contribution in [0.1, 0.15) is 52.4 Å². The first-order chi connectivity index (χ1) is 7.49. The highest BCUT2D eigenvalue weighted by Gasteiger charge is 2.39. The Kier molecular flexibility index (Phi) is 3.24. The SMILES string of the molecule is CC1(C)CCCC(N2CCCC2C(=O)O)C1. The summed E-state index contributed by atoms with van der Waals surface area (Å²) in [6.07, 6.45) is 6.78. The molecule has 2 aliphatic rings. The number of hydrogen-bond donors (Lipinski definition) is 1. The van der Waals surface area contributed by atoms with Crippen LogP contribution in [-0.2, 0) is 4.79 Å². The second-order valence-corrected chi connectivity index (χ2v) is 6.15. The van der Waals surface area contributed by atoms with Gasteiger partial charge < -0.3 is 5.11 Å². The number of carboxylic acid groups (broad SMARTS) is 1. The molecular formula is C13H23NO2. The molecule has 16 heavy (non-hydrogen) atoms. The molecule has 1 saturated carbocycles. The van der Waals surface area contributed by atoms with E-state index in [4.69, 9.17) is 0 Å². The molecule has 2 atom stereocenters. The summed E-state index contributed by atoms with van der Waals surface area (Å²) in [6, 6.07) is 0.297. The van der Waals surface area contributed by atoms with Gasteiger partial charge in [-0.3, -0.25) is 9.69 Å². The zero-order valence-corrected chi connectivity index (χ0v) is 10.4. The Morgan fingerprint density at radius 3 is 2.69 bits per heavy atom. The van der Waals surface area contributed by atoms with Gasteiger partial charge in [0.15, 0.2) is 0 Å². The molecule has 2 rings (SSSR count). The van der Waals surface area contributed by atoms with Gasteiger partial charge in [-0.2, -0.15) is 0 Å². The van der Waals surface area contributed by atoms with Crippen molar-refractivity contribution >= 4 is 5.97 Å². The zero-order chi connectivity index (χ0) is 11.8. The van der Waals surface area contributed by atoms with Gasteiger partial charge in [0.2, 0.25) is 0 Å². The summed E-state index contributed by atoms with van der Waals surface area (Å²) < 4.78 is 0. The normalized spacial score (nSPS) is 35.1. The van der Waals surface area contributed by atoms with E-state index in [1.54, 1.807) is 0 Å². The van der Waals surface area contributed by atoms with Crippen molar-refractivity contribution in [2.75, 3.05) is 6.54 Å². The quantitative estimate of drug-likeness (QED) is 0.785. The Morgan fingerprint density at radius 2 is 2.06 bits per heavy atom. The molecule has 2 unspecified atom stereocenters. The maximum Gasteiger partial charge on any atom is 0.320 e. The molecular weight excluding hydrogens is 202 g/mol. The van der Waals surface area contributed by atoms with Gasteiger partial charge in [-0.15, -0.1) is 0 Å². The van der Waals surface area contributed by atoms with Crippen LogP contribution in [0.25, 0.3) is 0 Å². The topological polar surface area (TPSA) is 40.5 Å². The molecule has 92 valence electrons. The molecule has 3 nitrogen and oxygen atoms in total. The lowest BCUT2D eigenvalue weighted by Crippen LogP contribution is -2.46. The van der Waals surface area contributed by atoms with E-state index in [-0.39, 0.29) is 6.04 Å².